The highest BCUT2D eigenvalue weighted by Gasteiger charge is 2.33. The lowest BCUT2D eigenvalue weighted by Gasteiger charge is -2.39. The van der Waals surface area contributed by atoms with Crippen LogP contribution in [0.1, 0.15) is 26.3 Å². The Balaban J connectivity index is 1.58. The van der Waals surface area contributed by atoms with Crippen LogP contribution in [0, 0.1) is 17.2 Å². The Labute approximate surface area is 157 Å². The number of benzene rings is 1. The van der Waals surface area contributed by atoms with Crippen LogP contribution in [0.25, 0.3) is 11.1 Å². The van der Waals surface area contributed by atoms with Crippen molar-refractivity contribution in [2.75, 3.05) is 13.1 Å². The Bertz CT molecular complexity index is 857. The average Bonchev–Trinajstić information content (AvgIpc) is 2.96. The number of aromatic nitrogens is 2. The summed E-state index contributed by atoms with van der Waals surface area (Å²) in [7, 11) is 0. The minimum atomic E-state index is -0.474. The largest absolute Gasteiger partial charge is 0.444 e. The summed E-state index contributed by atoms with van der Waals surface area (Å²) in [5.74, 6) is 0.351. The zero-order valence-corrected chi connectivity index (χ0v) is 15.8. The molecule has 3 rings (SSSR count). The number of nitrogens with zero attached hydrogens (tertiary/aromatic N) is 4. The molecule has 6 nitrogen and oxygen atoms in total. The fourth-order valence-electron chi connectivity index (χ4n) is 2.86. The first kappa shape index (κ1) is 18.3. The van der Waals surface area contributed by atoms with Gasteiger partial charge in [-0.05, 0) is 44.5 Å². The van der Waals surface area contributed by atoms with E-state index >= 15 is 0 Å². The number of hydrogen-bond donors (Lipinski definition) is 0. The first-order valence-corrected chi connectivity index (χ1v) is 8.83. The van der Waals surface area contributed by atoms with Gasteiger partial charge < -0.3 is 9.64 Å². The maximum atomic E-state index is 12.0. The van der Waals surface area contributed by atoms with Crippen LogP contribution in [0.2, 0.25) is 5.02 Å². The lowest BCUT2D eigenvalue weighted by molar-refractivity contribution is -0.00383. The number of carbonyl (C=O) groups is 1. The summed E-state index contributed by atoms with van der Waals surface area (Å²) in [5, 5.41) is 14.0. The van der Waals surface area contributed by atoms with Gasteiger partial charge in [0.15, 0.2) is 0 Å². The van der Waals surface area contributed by atoms with Gasteiger partial charge in [0.25, 0.3) is 0 Å². The third-order valence-electron chi connectivity index (χ3n) is 4.05. The molecular formula is C19H21ClN4O2. The molecule has 1 aliphatic heterocycles. The fourth-order valence-corrected chi connectivity index (χ4v) is 3.09. The molecule has 136 valence electrons. The Hall–Kier alpha value is -2.52. The fraction of sp³-hybridized carbons (Fsp3) is 0.421. The lowest BCUT2D eigenvalue weighted by atomic mass is 10.0. The molecular weight excluding hydrogens is 352 g/mol. The molecule has 0 aliphatic carbocycles. The molecule has 1 fully saturated rings. The van der Waals surface area contributed by atoms with Crippen LogP contribution < -0.4 is 0 Å². The average molecular weight is 373 g/mol. The quantitative estimate of drug-likeness (QED) is 0.818. The van der Waals surface area contributed by atoms with Crippen LogP contribution in [-0.2, 0) is 11.3 Å². The Morgan fingerprint density at radius 1 is 1.35 bits per heavy atom. The van der Waals surface area contributed by atoms with Crippen LogP contribution in [0.3, 0.4) is 0 Å². The SMILES string of the molecule is CC(C)(C)OC(=O)N1CC(Cn2cc(-c3cc(Cl)cc(C#N)c3)cn2)C1. The van der Waals surface area contributed by atoms with Gasteiger partial charge in [-0.15, -0.1) is 0 Å². The molecule has 2 heterocycles. The zero-order valence-electron chi connectivity index (χ0n) is 15.1. The number of nitriles is 1. The molecule has 1 amide bonds. The third kappa shape index (κ3) is 4.36. The van der Waals surface area contributed by atoms with Gasteiger partial charge in [0, 0.05) is 42.3 Å². The summed E-state index contributed by atoms with van der Waals surface area (Å²) in [5.41, 5.74) is 1.82. The van der Waals surface area contributed by atoms with Crippen LogP contribution >= 0.6 is 11.6 Å². The van der Waals surface area contributed by atoms with E-state index in [0.29, 0.717) is 29.6 Å². The van der Waals surface area contributed by atoms with E-state index in [1.807, 2.05) is 37.7 Å². The Kier molecular flexibility index (Phi) is 4.92. The standard InChI is InChI=1S/C19H21ClN4O2/c1-19(2,3)26-18(25)23-9-14(10-23)11-24-12-16(8-22-24)15-4-13(7-21)5-17(20)6-15/h4-6,8,12,14H,9-11H2,1-3H3. The molecule has 26 heavy (non-hydrogen) atoms. The van der Waals surface area contributed by atoms with E-state index in [1.54, 1.807) is 23.2 Å². The van der Waals surface area contributed by atoms with Crippen molar-refractivity contribution in [3.05, 3.63) is 41.2 Å². The highest BCUT2D eigenvalue weighted by molar-refractivity contribution is 6.31. The van der Waals surface area contributed by atoms with E-state index in [1.165, 1.54) is 0 Å². The smallest absolute Gasteiger partial charge is 0.410 e. The van der Waals surface area contributed by atoms with Crippen molar-refractivity contribution in [1.82, 2.24) is 14.7 Å². The van der Waals surface area contributed by atoms with Gasteiger partial charge in [0.05, 0.1) is 17.8 Å². The van der Waals surface area contributed by atoms with Crippen molar-refractivity contribution in [3.63, 3.8) is 0 Å². The van der Waals surface area contributed by atoms with Crippen LogP contribution in [0.15, 0.2) is 30.6 Å². The second-order valence-electron chi connectivity index (χ2n) is 7.54. The zero-order chi connectivity index (χ0) is 18.9. The number of halogens is 1. The highest BCUT2D eigenvalue weighted by atomic mass is 35.5. The van der Waals surface area contributed by atoms with Gasteiger partial charge in [-0.1, -0.05) is 11.6 Å². The Morgan fingerprint density at radius 2 is 2.08 bits per heavy atom. The van der Waals surface area contributed by atoms with Crippen molar-refractivity contribution in [1.29, 1.82) is 5.26 Å². The molecule has 1 aliphatic rings. The first-order chi connectivity index (χ1) is 12.2. The summed E-state index contributed by atoms with van der Waals surface area (Å²) in [6, 6.07) is 7.35. The van der Waals surface area contributed by atoms with Crippen LogP contribution in [0.4, 0.5) is 4.79 Å². The summed E-state index contributed by atoms with van der Waals surface area (Å²) in [4.78, 5) is 13.7. The van der Waals surface area contributed by atoms with Crippen molar-refractivity contribution < 1.29 is 9.53 Å². The van der Waals surface area contributed by atoms with Crippen molar-refractivity contribution in [3.8, 4) is 17.2 Å². The Morgan fingerprint density at radius 3 is 2.73 bits per heavy atom. The van der Waals surface area contributed by atoms with E-state index in [0.717, 1.165) is 17.7 Å². The monoisotopic (exact) mass is 372 g/mol. The van der Waals surface area contributed by atoms with Crippen molar-refractivity contribution >= 4 is 17.7 Å². The van der Waals surface area contributed by atoms with Gasteiger partial charge in [0.2, 0.25) is 0 Å². The first-order valence-electron chi connectivity index (χ1n) is 8.45. The molecule has 1 aromatic heterocycles. The van der Waals surface area contributed by atoms with Gasteiger partial charge in [-0.2, -0.15) is 10.4 Å². The van der Waals surface area contributed by atoms with Crippen molar-refractivity contribution in [2.24, 2.45) is 5.92 Å². The summed E-state index contributed by atoms with van der Waals surface area (Å²) in [6.45, 7) is 7.65. The van der Waals surface area contributed by atoms with E-state index in [2.05, 4.69) is 11.2 Å². The second-order valence-corrected chi connectivity index (χ2v) is 7.98. The predicted octanol–water partition coefficient (Wildman–Crippen LogP) is 3.94. The predicted molar refractivity (Wildman–Crippen MR) is 98.7 cm³/mol. The molecule has 0 bridgehead atoms. The number of ether oxygens (including phenoxy) is 1. The van der Waals surface area contributed by atoms with E-state index in [4.69, 9.17) is 21.6 Å². The topological polar surface area (TPSA) is 71.2 Å². The van der Waals surface area contributed by atoms with Crippen LogP contribution in [0.5, 0.6) is 0 Å². The highest BCUT2D eigenvalue weighted by Crippen LogP contribution is 2.26. The normalized spacial score (nSPS) is 14.7. The van der Waals surface area contributed by atoms with E-state index < -0.39 is 5.60 Å². The number of rotatable bonds is 3. The van der Waals surface area contributed by atoms with Gasteiger partial charge >= 0.3 is 6.09 Å². The molecule has 0 radical (unpaired) electrons. The molecule has 1 aromatic carbocycles. The summed E-state index contributed by atoms with van der Waals surface area (Å²) < 4.78 is 7.22. The molecule has 7 heteroatoms. The molecule has 1 saturated heterocycles. The number of likely N-dealkylation sites (tertiary alicyclic amines) is 1. The molecule has 0 N–H and O–H groups in total. The van der Waals surface area contributed by atoms with E-state index in [-0.39, 0.29) is 6.09 Å². The van der Waals surface area contributed by atoms with Gasteiger partial charge in [-0.3, -0.25) is 4.68 Å². The summed E-state index contributed by atoms with van der Waals surface area (Å²) in [6.07, 6.45) is 3.43. The van der Waals surface area contributed by atoms with Crippen LogP contribution in [-0.4, -0.2) is 39.5 Å². The molecule has 0 unspecified atom stereocenters. The lowest BCUT2D eigenvalue weighted by Crippen LogP contribution is -2.52. The molecule has 2 aromatic rings. The van der Waals surface area contributed by atoms with Crippen molar-refractivity contribution in [2.45, 2.75) is 32.9 Å². The maximum Gasteiger partial charge on any atom is 0.410 e. The number of hydrogen-bond acceptors (Lipinski definition) is 4. The minimum Gasteiger partial charge on any atom is -0.444 e. The third-order valence-corrected chi connectivity index (χ3v) is 4.27. The molecule has 0 spiro atoms. The van der Waals surface area contributed by atoms with E-state index in [9.17, 15) is 4.79 Å². The second kappa shape index (κ2) is 7.00. The molecule has 0 atom stereocenters. The van der Waals surface area contributed by atoms with Gasteiger partial charge in [-0.25, -0.2) is 4.79 Å². The summed E-state index contributed by atoms with van der Waals surface area (Å²) >= 11 is 6.07. The number of carbonyl (C=O) groups excluding carboxylic acids is 1. The minimum absolute atomic E-state index is 0.266. The molecule has 0 saturated carbocycles. The maximum absolute atomic E-state index is 12.0. The van der Waals surface area contributed by atoms with Gasteiger partial charge in [0.1, 0.15) is 5.60 Å². The number of amides is 1.